The molecule has 2 aliphatic rings. The number of likely N-dealkylation sites (tertiary alicyclic amines) is 2. The van der Waals surface area contributed by atoms with Crippen molar-refractivity contribution in [3.05, 3.63) is 24.3 Å². The number of nitrogens with one attached hydrogen (secondary N) is 2. The number of carbonyl (C=O) groups excluding carboxylic acids is 1. The predicted octanol–water partition coefficient (Wildman–Crippen LogP) is 3.99. The number of hydrogen-bond acceptors (Lipinski definition) is 3. The van der Waals surface area contributed by atoms with Crippen molar-refractivity contribution in [2.45, 2.75) is 57.5 Å². The molecule has 2 N–H and O–H groups in total. The van der Waals surface area contributed by atoms with Crippen molar-refractivity contribution < 1.29 is 4.79 Å². The van der Waals surface area contributed by atoms with Crippen molar-refractivity contribution in [3.63, 3.8) is 0 Å². The topological polar surface area (TPSA) is 47.6 Å². The van der Waals surface area contributed by atoms with Crippen LogP contribution < -0.4 is 10.6 Å². The molecule has 0 aromatic heterocycles. The summed E-state index contributed by atoms with van der Waals surface area (Å²) >= 11 is 0. The van der Waals surface area contributed by atoms with Crippen LogP contribution in [0, 0.1) is 0 Å². The largest absolute Gasteiger partial charge is 0.382 e. The van der Waals surface area contributed by atoms with Crippen LogP contribution >= 0.6 is 0 Å². The Bertz CT molecular complexity index is 551. The standard InChI is InChI=1S/C20H32N4O/c1-16-15-19(11-14-23(16)2)21-17-7-9-18(10-8-17)22-20(25)24-12-5-3-4-6-13-24/h7-10,16,19,21H,3-6,11-15H2,1-2H3,(H,22,25)/t16-,19+/m1/s1. The van der Waals surface area contributed by atoms with Gasteiger partial charge in [-0.1, -0.05) is 12.8 Å². The lowest BCUT2D eigenvalue weighted by atomic mass is 9.98. The number of anilines is 2. The minimum absolute atomic E-state index is 0.0340. The molecule has 2 amide bonds. The van der Waals surface area contributed by atoms with Crippen LogP contribution in [0.5, 0.6) is 0 Å². The van der Waals surface area contributed by atoms with Crippen molar-refractivity contribution in [1.29, 1.82) is 0 Å². The van der Waals surface area contributed by atoms with E-state index in [-0.39, 0.29) is 6.03 Å². The van der Waals surface area contributed by atoms with Gasteiger partial charge in [-0.3, -0.25) is 0 Å². The molecule has 2 atom stereocenters. The van der Waals surface area contributed by atoms with Gasteiger partial charge >= 0.3 is 6.03 Å². The first-order chi connectivity index (χ1) is 12.1. The van der Waals surface area contributed by atoms with E-state index in [4.69, 9.17) is 0 Å². The number of rotatable bonds is 3. The monoisotopic (exact) mass is 344 g/mol. The molecule has 25 heavy (non-hydrogen) atoms. The molecular formula is C20H32N4O. The van der Waals surface area contributed by atoms with Gasteiger partial charge in [0.15, 0.2) is 0 Å². The van der Waals surface area contributed by atoms with Gasteiger partial charge in [0.25, 0.3) is 0 Å². The Morgan fingerprint density at radius 2 is 1.64 bits per heavy atom. The minimum atomic E-state index is 0.0340. The Balaban J connectivity index is 1.50. The molecule has 2 aliphatic heterocycles. The van der Waals surface area contributed by atoms with Gasteiger partial charge in [0.1, 0.15) is 0 Å². The second-order valence-electron chi connectivity index (χ2n) is 7.60. The van der Waals surface area contributed by atoms with Crippen LogP contribution in [0.2, 0.25) is 0 Å². The number of nitrogens with zero attached hydrogens (tertiary/aromatic N) is 2. The summed E-state index contributed by atoms with van der Waals surface area (Å²) in [4.78, 5) is 16.7. The zero-order valence-electron chi connectivity index (χ0n) is 15.6. The maximum Gasteiger partial charge on any atom is 0.321 e. The van der Waals surface area contributed by atoms with Crippen LogP contribution in [0.1, 0.15) is 45.4 Å². The number of piperidine rings is 1. The predicted molar refractivity (Wildman–Crippen MR) is 104 cm³/mol. The maximum atomic E-state index is 12.4. The molecule has 3 rings (SSSR count). The molecule has 0 bridgehead atoms. The SMILES string of the molecule is C[C@@H]1C[C@@H](Nc2ccc(NC(=O)N3CCCCCC3)cc2)CCN1C. The summed E-state index contributed by atoms with van der Waals surface area (Å²) in [6.07, 6.45) is 7.05. The van der Waals surface area contributed by atoms with Crippen molar-refractivity contribution in [1.82, 2.24) is 9.80 Å². The fraction of sp³-hybridized carbons (Fsp3) is 0.650. The molecule has 0 unspecified atom stereocenters. The summed E-state index contributed by atoms with van der Waals surface area (Å²) in [6.45, 7) is 5.18. The molecule has 0 aliphatic carbocycles. The van der Waals surface area contributed by atoms with Gasteiger partial charge in [0.2, 0.25) is 0 Å². The lowest BCUT2D eigenvalue weighted by molar-refractivity contribution is 0.190. The van der Waals surface area contributed by atoms with Crippen LogP contribution in [-0.4, -0.2) is 54.6 Å². The first-order valence-corrected chi connectivity index (χ1v) is 9.74. The lowest BCUT2D eigenvalue weighted by Crippen LogP contribution is -2.42. The molecule has 2 heterocycles. The first kappa shape index (κ1) is 18.1. The highest BCUT2D eigenvalue weighted by atomic mass is 16.2. The second kappa shape index (κ2) is 8.56. The van der Waals surface area contributed by atoms with Gasteiger partial charge < -0.3 is 20.4 Å². The molecule has 2 saturated heterocycles. The second-order valence-corrected chi connectivity index (χ2v) is 7.60. The van der Waals surface area contributed by atoms with E-state index in [0.717, 1.165) is 43.9 Å². The van der Waals surface area contributed by atoms with Crippen LogP contribution in [0.25, 0.3) is 0 Å². The molecule has 1 aromatic rings. The van der Waals surface area contributed by atoms with E-state index in [0.29, 0.717) is 12.1 Å². The van der Waals surface area contributed by atoms with E-state index in [1.807, 2.05) is 17.0 Å². The number of urea groups is 1. The number of benzene rings is 1. The Morgan fingerprint density at radius 1 is 1.00 bits per heavy atom. The normalized spacial score (nSPS) is 25.3. The van der Waals surface area contributed by atoms with Gasteiger partial charge in [-0.05, 0) is 63.9 Å². The third-order valence-corrected chi connectivity index (χ3v) is 5.61. The number of amides is 2. The Labute approximate surface area is 151 Å². The minimum Gasteiger partial charge on any atom is -0.382 e. The zero-order chi connectivity index (χ0) is 17.6. The zero-order valence-corrected chi connectivity index (χ0v) is 15.6. The van der Waals surface area contributed by atoms with E-state index in [1.54, 1.807) is 0 Å². The molecule has 0 radical (unpaired) electrons. The van der Waals surface area contributed by atoms with Gasteiger partial charge in [-0.25, -0.2) is 4.79 Å². The third-order valence-electron chi connectivity index (χ3n) is 5.61. The maximum absolute atomic E-state index is 12.4. The van der Waals surface area contributed by atoms with Crippen LogP contribution in [-0.2, 0) is 0 Å². The fourth-order valence-electron chi connectivity index (χ4n) is 3.78. The molecule has 5 nitrogen and oxygen atoms in total. The van der Waals surface area contributed by atoms with E-state index >= 15 is 0 Å². The molecule has 138 valence electrons. The Hall–Kier alpha value is -1.75. The van der Waals surface area contributed by atoms with Crippen molar-refractivity contribution in [2.24, 2.45) is 0 Å². The van der Waals surface area contributed by atoms with E-state index in [1.165, 1.54) is 25.7 Å². The summed E-state index contributed by atoms with van der Waals surface area (Å²) in [5.74, 6) is 0. The van der Waals surface area contributed by atoms with Crippen molar-refractivity contribution in [3.8, 4) is 0 Å². The van der Waals surface area contributed by atoms with Gasteiger partial charge in [0, 0.05) is 43.1 Å². The smallest absolute Gasteiger partial charge is 0.321 e. The number of hydrogen-bond donors (Lipinski definition) is 2. The molecule has 2 fully saturated rings. The summed E-state index contributed by atoms with van der Waals surface area (Å²) in [7, 11) is 2.20. The van der Waals surface area contributed by atoms with Gasteiger partial charge in [-0.2, -0.15) is 0 Å². The van der Waals surface area contributed by atoms with E-state index in [9.17, 15) is 4.79 Å². The summed E-state index contributed by atoms with van der Waals surface area (Å²) in [6, 6.07) is 9.32. The van der Waals surface area contributed by atoms with Crippen molar-refractivity contribution in [2.75, 3.05) is 37.3 Å². The highest BCUT2D eigenvalue weighted by Gasteiger charge is 2.22. The summed E-state index contributed by atoms with van der Waals surface area (Å²) in [5, 5.41) is 6.67. The number of carbonyl (C=O) groups is 1. The summed E-state index contributed by atoms with van der Waals surface area (Å²) < 4.78 is 0. The Kier molecular flexibility index (Phi) is 6.19. The lowest BCUT2D eigenvalue weighted by Gasteiger charge is -2.35. The highest BCUT2D eigenvalue weighted by Crippen LogP contribution is 2.21. The van der Waals surface area contributed by atoms with Crippen LogP contribution in [0.15, 0.2) is 24.3 Å². The van der Waals surface area contributed by atoms with Gasteiger partial charge in [-0.15, -0.1) is 0 Å². The molecule has 0 saturated carbocycles. The molecule has 0 spiro atoms. The van der Waals surface area contributed by atoms with Crippen LogP contribution in [0.4, 0.5) is 16.2 Å². The molecule has 5 heteroatoms. The van der Waals surface area contributed by atoms with E-state index < -0.39 is 0 Å². The van der Waals surface area contributed by atoms with Crippen LogP contribution in [0.3, 0.4) is 0 Å². The summed E-state index contributed by atoms with van der Waals surface area (Å²) in [5.41, 5.74) is 2.01. The fourth-order valence-corrected chi connectivity index (χ4v) is 3.78. The first-order valence-electron chi connectivity index (χ1n) is 9.74. The molecule has 1 aromatic carbocycles. The Morgan fingerprint density at radius 3 is 2.28 bits per heavy atom. The van der Waals surface area contributed by atoms with Gasteiger partial charge in [0.05, 0.1) is 0 Å². The molecular weight excluding hydrogens is 312 g/mol. The van der Waals surface area contributed by atoms with E-state index in [2.05, 4.69) is 41.6 Å². The average Bonchev–Trinajstić information content (AvgIpc) is 2.89. The van der Waals surface area contributed by atoms with Crippen molar-refractivity contribution >= 4 is 17.4 Å². The quantitative estimate of drug-likeness (QED) is 0.871. The average molecular weight is 345 g/mol. The third kappa shape index (κ3) is 5.11. The highest BCUT2D eigenvalue weighted by molar-refractivity contribution is 5.89.